The molecule has 1 aliphatic rings. The topological polar surface area (TPSA) is 79.1 Å². The summed E-state index contributed by atoms with van der Waals surface area (Å²) in [5, 5.41) is 0. The van der Waals surface area contributed by atoms with E-state index in [9.17, 15) is 4.79 Å². The van der Waals surface area contributed by atoms with Crippen molar-refractivity contribution in [1.82, 2.24) is 19.5 Å². The Labute approximate surface area is 157 Å². The number of carbonyl (C=O) groups excluding carboxylic acids is 1. The monoisotopic (exact) mass is 366 g/mol. The predicted molar refractivity (Wildman–Crippen MR) is 100.0 cm³/mol. The van der Waals surface area contributed by atoms with Crippen LogP contribution in [0.25, 0.3) is 11.2 Å². The number of nitrogens with zero attached hydrogens (tertiary/aromatic N) is 4. The minimum absolute atomic E-state index is 0.218. The van der Waals surface area contributed by atoms with E-state index in [1.54, 1.807) is 7.11 Å². The van der Waals surface area contributed by atoms with E-state index < -0.39 is 5.97 Å². The molecule has 27 heavy (non-hydrogen) atoms. The number of aromatic nitrogens is 4. The lowest BCUT2D eigenvalue weighted by Gasteiger charge is -2.13. The Morgan fingerprint density at radius 2 is 1.89 bits per heavy atom. The molecular weight excluding hydrogens is 344 g/mol. The van der Waals surface area contributed by atoms with Crippen molar-refractivity contribution in [2.45, 2.75) is 38.1 Å². The average molecular weight is 366 g/mol. The van der Waals surface area contributed by atoms with Gasteiger partial charge in [-0.2, -0.15) is 0 Å². The van der Waals surface area contributed by atoms with Gasteiger partial charge in [-0.05, 0) is 30.5 Å². The van der Waals surface area contributed by atoms with Gasteiger partial charge in [0.05, 0.1) is 20.8 Å². The smallest absolute Gasteiger partial charge is 0.359 e. The minimum Gasteiger partial charge on any atom is -0.497 e. The van der Waals surface area contributed by atoms with Gasteiger partial charge in [-0.25, -0.2) is 19.7 Å². The largest absolute Gasteiger partial charge is 0.497 e. The molecule has 0 radical (unpaired) electrons. The Balaban J connectivity index is 1.82. The number of ether oxygens (including phenoxy) is 2. The first-order chi connectivity index (χ1) is 13.2. The highest BCUT2D eigenvalue weighted by Crippen LogP contribution is 2.35. The number of imidazole rings is 1. The van der Waals surface area contributed by atoms with E-state index in [2.05, 4.69) is 14.5 Å². The molecule has 3 aromatic rings. The van der Waals surface area contributed by atoms with Gasteiger partial charge in [-0.1, -0.05) is 25.0 Å². The summed E-state index contributed by atoms with van der Waals surface area (Å²) in [7, 11) is 3.00. The maximum atomic E-state index is 12.1. The molecule has 4 rings (SSSR count). The first kappa shape index (κ1) is 17.5. The highest BCUT2D eigenvalue weighted by atomic mass is 16.5. The molecule has 0 N–H and O–H groups in total. The second-order valence-corrected chi connectivity index (χ2v) is 6.77. The number of hydrogen-bond acceptors (Lipinski definition) is 6. The van der Waals surface area contributed by atoms with Crippen LogP contribution in [0.3, 0.4) is 0 Å². The van der Waals surface area contributed by atoms with Crippen LogP contribution < -0.4 is 4.74 Å². The lowest BCUT2D eigenvalue weighted by atomic mass is 10.1. The molecule has 2 aromatic heterocycles. The van der Waals surface area contributed by atoms with Crippen LogP contribution in [0.5, 0.6) is 5.75 Å². The summed E-state index contributed by atoms with van der Waals surface area (Å²) < 4.78 is 12.2. The third kappa shape index (κ3) is 3.25. The zero-order valence-corrected chi connectivity index (χ0v) is 15.5. The van der Waals surface area contributed by atoms with Crippen LogP contribution in [0.2, 0.25) is 0 Å². The molecule has 7 heteroatoms. The molecular formula is C20H22N4O3. The van der Waals surface area contributed by atoms with E-state index in [0.717, 1.165) is 30.0 Å². The highest BCUT2D eigenvalue weighted by molar-refractivity contribution is 5.98. The third-order valence-electron chi connectivity index (χ3n) is 5.16. The first-order valence-electron chi connectivity index (χ1n) is 9.13. The summed E-state index contributed by atoms with van der Waals surface area (Å²) in [6.07, 6.45) is 6.01. The van der Waals surface area contributed by atoms with Crippen LogP contribution in [0, 0.1) is 0 Å². The van der Waals surface area contributed by atoms with Gasteiger partial charge < -0.3 is 14.0 Å². The number of hydrogen-bond donors (Lipinski definition) is 0. The van der Waals surface area contributed by atoms with Crippen LogP contribution in [-0.4, -0.2) is 39.7 Å². The Morgan fingerprint density at radius 1 is 1.15 bits per heavy atom. The van der Waals surface area contributed by atoms with Crippen molar-refractivity contribution in [3.05, 3.63) is 47.7 Å². The van der Waals surface area contributed by atoms with Crippen LogP contribution in [0.1, 0.15) is 53.5 Å². The Bertz CT molecular complexity index is 959. The molecule has 0 amide bonds. The Morgan fingerprint density at radius 3 is 2.56 bits per heavy atom. The van der Waals surface area contributed by atoms with E-state index in [-0.39, 0.29) is 5.69 Å². The molecule has 1 aromatic carbocycles. The van der Waals surface area contributed by atoms with Crippen molar-refractivity contribution in [3.63, 3.8) is 0 Å². The van der Waals surface area contributed by atoms with Gasteiger partial charge in [-0.3, -0.25) is 0 Å². The van der Waals surface area contributed by atoms with E-state index in [1.165, 1.54) is 26.3 Å². The van der Waals surface area contributed by atoms with Crippen LogP contribution in [0.4, 0.5) is 0 Å². The summed E-state index contributed by atoms with van der Waals surface area (Å²) in [6, 6.07) is 7.95. The standard InChI is InChI=1S/C20H22N4O3/c1-26-15-9-7-13(8-10-15)11-24-18(14-5-3-4-6-14)23-16-17(20(25)27-2)21-12-22-19(16)24/h7-10,12,14H,3-6,11H2,1-2H3. The SMILES string of the molecule is COC(=O)c1ncnc2c1nc(C1CCCC1)n2Cc1ccc(OC)cc1. The van der Waals surface area contributed by atoms with Crippen LogP contribution in [0.15, 0.2) is 30.6 Å². The minimum atomic E-state index is -0.491. The lowest BCUT2D eigenvalue weighted by molar-refractivity contribution is 0.0596. The second kappa shape index (κ2) is 7.34. The molecule has 1 aliphatic carbocycles. The van der Waals surface area contributed by atoms with E-state index in [1.807, 2.05) is 24.3 Å². The number of rotatable bonds is 5. The van der Waals surface area contributed by atoms with Crippen LogP contribution in [-0.2, 0) is 11.3 Å². The van der Waals surface area contributed by atoms with Crippen molar-refractivity contribution >= 4 is 17.1 Å². The molecule has 0 aliphatic heterocycles. The van der Waals surface area contributed by atoms with Gasteiger partial charge in [-0.15, -0.1) is 0 Å². The predicted octanol–water partition coefficient (Wildman–Crippen LogP) is 3.33. The fourth-order valence-electron chi connectivity index (χ4n) is 3.76. The highest BCUT2D eigenvalue weighted by Gasteiger charge is 2.27. The van der Waals surface area contributed by atoms with Crippen LogP contribution >= 0.6 is 0 Å². The van der Waals surface area contributed by atoms with Gasteiger partial charge in [0.1, 0.15) is 23.4 Å². The van der Waals surface area contributed by atoms with Crippen molar-refractivity contribution < 1.29 is 14.3 Å². The number of esters is 1. The number of fused-ring (bicyclic) bond motifs is 1. The number of carbonyl (C=O) groups is 1. The van der Waals surface area contributed by atoms with Crippen molar-refractivity contribution in [2.24, 2.45) is 0 Å². The normalized spacial score (nSPS) is 14.6. The van der Waals surface area contributed by atoms with Gasteiger partial charge in [0, 0.05) is 5.92 Å². The van der Waals surface area contributed by atoms with E-state index in [4.69, 9.17) is 14.5 Å². The molecule has 0 spiro atoms. The molecule has 0 unspecified atom stereocenters. The lowest BCUT2D eigenvalue weighted by Crippen LogP contribution is -2.09. The summed E-state index contributed by atoms with van der Waals surface area (Å²) in [5.74, 6) is 1.68. The summed E-state index contributed by atoms with van der Waals surface area (Å²) in [4.78, 5) is 25.5. The summed E-state index contributed by atoms with van der Waals surface area (Å²) in [5.41, 5.74) is 2.52. The first-order valence-corrected chi connectivity index (χ1v) is 9.13. The maximum absolute atomic E-state index is 12.1. The average Bonchev–Trinajstić information content (AvgIpc) is 3.36. The van der Waals surface area contributed by atoms with Crippen molar-refractivity contribution in [1.29, 1.82) is 0 Å². The Kier molecular flexibility index (Phi) is 4.75. The second-order valence-electron chi connectivity index (χ2n) is 6.77. The third-order valence-corrected chi connectivity index (χ3v) is 5.16. The maximum Gasteiger partial charge on any atom is 0.359 e. The summed E-state index contributed by atoms with van der Waals surface area (Å²) in [6.45, 7) is 0.629. The molecule has 0 bridgehead atoms. The van der Waals surface area contributed by atoms with Gasteiger partial charge in [0.25, 0.3) is 0 Å². The molecule has 1 saturated carbocycles. The Hall–Kier alpha value is -2.96. The van der Waals surface area contributed by atoms with Crippen molar-refractivity contribution in [2.75, 3.05) is 14.2 Å². The number of benzene rings is 1. The van der Waals surface area contributed by atoms with E-state index >= 15 is 0 Å². The van der Waals surface area contributed by atoms with E-state index in [0.29, 0.717) is 23.6 Å². The quantitative estimate of drug-likeness (QED) is 0.645. The molecule has 0 saturated heterocycles. The molecule has 0 atom stereocenters. The fraction of sp³-hybridized carbons (Fsp3) is 0.400. The summed E-state index contributed by atoms with van der Waals surface area (Å²) >= 11 is 0. The van der Waals surface area contributed by atoms with Crippen molar-refractivity contribution in [3.8, 4) is 5.75 Å². The number of methoxy groups -OCH3 is 2. The zero-order chi connectivity index (χ0) is 18.8. The van der Waals surface area contributed by atoms with Gasteiger partial charge >= 0.3 is 5.97 Å². The molecule has 1 fully saturated rings. The molecule has 7 nitrogen and oxygen atoms in total. The molecule has 140 valence electrons. The molecule has 2 heterocycles. The zero-order valence-electron chi connectivity index (χ0n) is 15.5. The van der Waals surface area contributed by atoms with Gasteiger partial charge in [0.15, 0.2) is 11.3 Å². The fourth-order valence-corrected chi connectivity index (χ4v) is 3.76. The van der Waals surface area contributed by atoms with Gasteiger partial charge in [0.2, 0.25) is 0 Å².